The summed E-state index contributed by atoms with van der Waals surface area (Å²) in [5, 5.41) is 0. The van der Waals surface area contributed by atoms with Gasteiger partial charge in [0.15, 0.2) is 0 Å². The number of hydrogen-bond acceptors (Lipinski definition) is 12. The largest absolute Gasteiger partial charge is 0.466 e. The van der Waals surface area contributed by atoms with Crippen LogP contribution in [0.1, 0.15) is 409 Å². The maximum Gasteiger partial charge on any atom is 0.307 e. The highest BCUT2D eigenvalue weighted by atomic mass is 16.5. The SMILES string of the molecule is CCCCCCCCCCCCCCOC(=O)CCN(CCCN(CCN(CCCN(CCC(=O)OCCCCCCCCCCCCCC)CCC(=O)OCCCCCCCCCCCCCC)C(C)CC)C(C)C)CCC(=O)OCCCCCCCCCCCCCC. The summed E-state index contributed by atoms with van der Waals surface area (Å²) in [4.78, 5) is 62.2. The Kier molecular flexibility index (Phi) is 72.6. The lowest BCUT2D eigenvalue weighted by atomic mass is 10.1. The Hall–Kier alpha value is -2.28. The summed E-state index contributed by atoms with van der Waals surface area (Å²) in [6.45, 7) is 27.9. The fourth-order valence-electron chi connectivity index (χ4n) is 13.2. The van der Waals surface area contributed by atoms with E-state index in [2.05, 4.69) is 75.0 Å². The van der Waals surface area contributed by atoms with Crippen LogP contribution in [0.5, 0.6) is 0 Å². The number of hydrogen-bond donors (Lipinski definition) is 0. The van der Waals surface area contributed by atoms with E-state index in [4.69, 9.17) is 18.9 Å². The van der Waals surface area contributed by atoms with Gasteiger partial charge in [0, 0.05) is 51.4 Å². The number of ether oxygens (including phenoxy) is 4. The maximum absolute atomic E-state index is 13.1. The molecule has 0 N–H and O–H groups in total. The number of unbranched alkanes of at least 4 members (excludes halogenated alkanes) is 44. The monoisotopic (exact) mass is 1350 g/mol. The minimum Gasteiger partial charge on any atom is -0.466 e. The highest BCUT2D eigenvalue weighted by Crippen LogP contribution is 2.18. The lowest BCUT2D eigenvalue weighted by Crippen LogP contribution is -2.44. The molecule has 0 saturated heterocycles. The van der Waals surface area contributed by atoms with Gasteiger partial charge in [-0.2, -0.15) is 0 Å². The molecule has 1 unspecified atom stereocenters. The summed E-state index contributed by atoms with van der Waals surface area (Å²) in [5.41, 5.74) is 0. The molecule has 0 aliphatic heterocycles. The van der Waals surface area contributed by atoms with Crippen LogP contribution >= 0.6 is 0 Å². The lowest BCUT2D eigenvalue weighted by molar-refractivity contribution is -0.146. The van der Waals surface area contributed by atoms with Gasteiger partial charge in [0.25, 0.3) is 0 Å². The summed E-state index contributed by atoms with van der Waals surface area (Å²) >= 11 is 0. The van der Waals surface area contributed by atoms with Crippen LogP contribution in [0.2, 0.25) is 0 Å². The van der Waals surface area contributed by atoms with Crippen LogP contribution in [0.3, 0.4) is 0 Å². The molecular weight excluding hydrogens is 1180 g/mol. The predicted octanol–water partition coefficient (Wildman–Crippen LogP) is 22.7. The first-order valence-electron chi connectivity index (χ1n) is 42.1. The predicted molar refractivity (Wildman–Crippen MR) is 407 cm³/mol. The Morgan fingerprint density at radius 3 is 0.642 bits per heavy atom. The Morgan fingerprint density at radius 1 is 0.232 bits per heavy atom. The molecule has 0 saturated carbocycles. The summed E-state index contributed by atoms with van der Waals surface area (Å²) in [6.07, 6.45) is 65.5. The third-order valence-corrected chi connectivity index (χ3v) is 20.0. The zero-order valence-corrected chi connectivity index (χ0v) is 65.0. The molecule has 1 atom stereocenters. The van der Waals surface area contributed by atoms with Crippen molar-refractivity contribution in [3.63, 3.8) is 0 Å². The smallest absolute Gasteiger partial charge is 0.307 e. The molecule has 564 valence electrons. The summed E-state index contributed by atoms with van der Waals surface area (Å²) in [5.74, 6) is -0.572. The van der Waals surface area contributed by atoms with Gasteiger partial charge in [-0.1, -0.05) is 317 Å². The second-order valence-electron chi connectivity index (χ2n) is 29.3. The van der Waals surface area contributed by atoms with Gasteiger partial charge >= 0.3 is 23.9 Å². The molecule has 0 aliphatic carbocycles. The Bertz CT molecular complexity index is 1530. The van der Waals surface area contributed by atoms with E-state index in [9.17, 15) is 19.2 Å². The molecule has 0 heterocycles. The van der Waals surface area contributed by atoms with Crippen molar-refractivity contribution >= 4 is 23.9 Å². The first-order chi connectivity index (χ1) is 46.5. The first-order valence-corrected chi connectivity index (χ1v) is 42.1. The molecule has 0 rings (SSSR count). The molecule has 0 aromatic carbocycles. The Labute approximate surface area is 591 Å². The van der Waals surface area contributed by atoms with Gasteiger partial charge in [0.2, 0.25) is 0 Å². The maximum atomic E-state index is 13.1. The Morgan fingerprint density at radius 2 is 0.432 bits per heavy atom. The fraction of sp³-hybridized carbons (Fsp3) is 0.952. The highest BCUT2D eigenvalue weighted by molar-refractivity contribution is 5.71. The standard InChI is InChI=1S/C83H164N4O8/c1-9-14-18-22-26-30-34-38-42-46-50-54-74-92-80(88)60-68-84(69-61-81(89)93-75-55-51-47-43-39-35-31-27-23-19-15-10-2)64-58-66-86(78(6)7)72-73-87(79(8)13-5)67-59-65-85(70-62-82(90)94-76-56-52-48-44-40-36-32-28-24-20-16-11-3)71-63-83(91)95-77-57-53-49-45-41-37-33-29-25-21-17-12-4/h78-79H,9-77H2,1-8H3. The normalized spacial score (nSPS) is 12.1. The zero-order valence-electron chi connectivity index (χ0n) is 65.0. The molecule has 0 aliphatic rings. The van der Waals surface area contributed by atoms with E-state index < -0.39 is 0 Å². The molecule has 0 fully saturated rings. The number of carbonyl (C=O) groups excluding carboxylic acids is 4. The van der Waals surface area contributed by atoms with Crippen LogP contribution in [-0.2, 0) is 38.1 Å². The molecule has 0 amide bonds. The molecule has 0 aromatic rings. The summed E-state index contributed by atoms with van der Waals surface area (Å²) in [6, 6.07) is 0.778. The van der Waals surface area contributed by atoms with Crippen molar-refractivity contribution in [1.82, 2.24) is 19.6 Å². The Balaban J connectivity index is 5.45. The van der Waals surface area contributed by atoms with E-state index in [-0.39, 0.29) is 23.9 Å². The quantitative estimate of drug-likeness (QED) is 0.0328. The number of esters is 4. The zero-order chi connectivity index (χ0) is 69.4. The van der Waals surface area contributed by atoms with E-state index in [0.29, 0.717) is 90.4 Å². The molecule has 12 nitrogen and oxygen atoms in total. The average molecular weight is 1350 g/mol. The van der Waals surface area contributed by atoms with E-state index in [1.807, 2.05) is 0 Å². The highest BCUT2D eigenvalue weighted by Gasteiger charge is 2.20. The van der Waals surface area contributed by atoms with E-state index in [1.165, 1.54) is 257 Å². The van der Waals surface area contributed by atoms with Crippen LogP contribution in [0, 0.1) is 0 Å². The van der Waals surface area contributed by atoms with Gasteiger partial charge in [-0.15, -0.1) is 0 Å². The van der Waals surface area contributed by atoms with Crippen molar-refractivity contribution in [2.75, 3.05) is 91.9 Å². The molecule has 0 spiro atoms. The third kappa shape index (κ3) is 67.3. The summed E-state index contributed by atoms with van der Waals surface area (Å²) in [7, 11) is 0. The average Bonchev–Trinajstić information content (AvgIpc) is 1.81. The van der Waals surface area contributed by atoms with Crippen molar-refractivity contribution < 1.29 is 38.1 Å². The van der Waals surface area contributed by atoms with E-state index in [0.717, 1.165) is 110 Å². The second-order valence-corrected chi connectivity index (χ2v) is 29.3. The molecule has 0 aromatic heterocycles. The number of rotatable bonds is 78. The molecule has 12 heteroatoms. The molecule has 0 radical (unpaired) electrons. The van der Waals surface area contributed by atoms with Crippen LogP contribution in [0.4, 0.5) is 0 Å². The van der Waals surface area contributed by atoms with E-state index >= 15 is 0 Å². The molecule has 95 heavy (non-hydrogen) atoms. The van der Waals surface area contributed by atoms with Gasteiger partial charge in [0.1, 0.15) is 0 Å². The van der Waals surface area contributed by atoms with Gasteiger partial charge in [-0.3, -0.25) is 29.0 Å². The van der Waals surface area contributed by atoms with E-state index in [1.54, 1.807) is 0 Å². The number of carbonyl (C=O) groups is 4. The molecular formula is C83H164N4O8. The van der Waals surface area contributed by atoms with Crippen LogP contribution in [0.15, 0.2) is 0 Å². The van der Waals surface area contributed by atoms with Crippen molar-refractivity contribution in [3.8, 4) is 0 Å². The van der Waals surface area contributed by atoms with Gasteiger partial charge in [-0.25, -0.2) is 0 Å². The second kappa shape index (κ2) is 74.4. The minimum absolute atomic E-state index is 0.142. The minimum atomic E-state index is -0.143. The first kappa shape index (κ1) is 92.7. The lowest BCUT2D eigenvalue weighted by Gasteiger charge is -2.34. The van der Waals surface area contributed by atoms with Crippen molar-refractivity contribution in [3.05, 3.63) is 0 Å². The van der Waals surface area contributed by atoms with Gasteiger partial charge in [-0.05, 0) is 91.9 Å². The third-order valence-electron chi connectivity index (χ3n) is 20.0. The fourth-order valence-corrected chi connectivity index (χ4v) is 13.2. The topological polar surface area (TPSA) is 118 Å². The van der Waals surface area contributed by atoms with Gasteiger partial charge < -0.3 is 28.7 Å². The number of nitrogens with zero attached hydrogens (tertiary/aromatic N) is 4. The van der Waals surface area contributed by atoms with Crippen molar-refractivity contribution in [1.29, 1.82) is 0 Å². The van der Waals surface area contributed by atoms with Gasteiger partial charge in [0.05, 0.1) is 52.1 Å². The molecule has 0 bridgehead atoms. The van der Waals surface area contributed by atoms with Crippen molar-refractivity contribution in [2.24, 2.45) is 0 Å². The van der Waals surface area contributed by atoms with Crippen LogP contribution in [-0.4, -0.2) is 147 Å². The van der Waals surface area contributed by atoms with Crippen LogP contribution in [0.25, 0.3) is 0 Å². The summed E-state index contributed by atoms with van der Waals surface area (Å²) < 4.78 is 23.0. The van der Waals surface area contributed by atoms with Crippen LogP contribution < -0.4 is 0 Å². The van der Waals surface area contributed by atoms with Crippen molar-refractivity contribution in [2.45, 2.75) is 421 Å².